The third-order valence-electron chi connectivity index (χ3n) is 4.39. The Morgan fingerprint density at radius 2 is 1.96 bits per heavy atom. The number of amides is 1. The van der Waals surface area contributed by atoms with Crippen LogP contribution < -0.4 is 0 Å². The van der Waals surface area contributed by atoms with Crippen molar-refractivity contribution in [1.82, 2.24) is 14.9 Å². The molecule has 0 spiro atoms. The van der Waals surface area contributed by atoms with Gasteiger partial charge in [-0.1, -0.05) is 30.3 Å². The van der Waals surface area contributed by atoms with Crippen molar-refractivity contribution in [3.63, 3.8) is 0 Å². The lowest BCUT2D eigenvalue weighted by Gasteiger charge is -2.33. The van der Waals surface area contributed by atoms with E-state index in [1.54, 1.807) is 19.6 Å². The number of hydrogen-bond acceptors (Lipinski definition) is 4. The van der Waals surface area contributed by atoms with E-state index in [1.807, 2.05) is 41.3 Å². The predicted molar refractivity (Wildman–Crippen MR) is 86.8 cm³/mol. The molecule has 0 bridgehead atoms. The van der Waals surface area contributed by atoms with Gasteiger partial charge in [-0.05, 0) is 24.5 Å². The van der Waals surface area contributed by atoms with E-state index in [-0.39, 0.29) is 5.91 Å². The number of nitrogens with zero attached hydrogens (tertiary/aromatic N) is 3. The van der Waals surface area contributed by atoms with Gasteiger partial charge in [0.1, 0.15) is 6.33 Å². The Hall–Kier alpha value is -2.27. The molecule has 1 aromatic carbocycles. The number of piperidine rings is 1. The van der Waals surface area contributed by atoms with Crippen molar-refractivity contribution in [3.05, 3.63) is 60.2 Å². The van der Waals surface area contributed by atoms with Gasteiger partial charge in [0.25, 0.3) is 5.91 Å². The highest BCUT2D eigenvalue weighted by Gasteiger charge is 2.29. The minimum atomic E-state index is -0.521. The van der Waals surface area contributed by atoms with Crippen molar-refractivity contribution < 1.29 is 9.53 Å². The molecule has 5 heteroatoms. The number of carbonyl (C=O) groups is 1. The van der Waals surface area contributed by atoms with E-state index in [9.17, 15) is 4.79 Å². The molecule has 2 aromatic rings. The molecule has 1 fully saturated rings. The average molecular weight is 311 g/mol. The zero-order valence-corrected chi connectivity index (χ0v) is 13.3. The van der Waals surface area contributed by atoms with Crippen molar-refractivity contribution in [1.29, 1.82) is 0 Å². The van der Waals surface area contributed by atoms with Gasteiger partial charge in [-0.15, -0.1) is 0 Å². The maximum absolute atomic E-state index is 12.7. The number of carbonyl (C=O) groups excluding carboxylic acids is 1. The van der Waals surface area contributed by atoms with Crippen molar-refractivity contribution >= 4 is 5.91 Å². The molecule has 23 heavy (non-hydrogen) atoms. The summed E-state index contributed by atoms with van der Waals surface area (Å²) in [5, 5.41) is 0. The van der Waals surface area contributed by atoms with Crippen molar-refractivity contribution in [2.75, 3.05) is 20.2 Å². The summed E-state index contributed by atoms with van der Waals surface area (Å²) in [6.45, 7) is 1.47. The first kappa shape index (κ1) is 15.6. The highest BCUT2D eigenvalue weighted by Crippen LogP contribution is 2.28. The summed E-state index contributed by atoms with van der Waals surface area (Å²) in [6, 6.07) is 11.6. The summed E-state index contributed by atoms with van der Waals surface area (Å²) in [7, 11) is 1.59. The molecule has 3 rings (SSSR count). The summed E-state index contributed by atoms with van der Waals surface area (Å²) in [5.74, 6) is 0.444. The number of hydrogen-bond donors (Lipinski definition) is 0. The SMILES string of the molecule is CO[C@H](C(=O)N1CCC(c2ccncn2)CC1)c1ccccc1. The Bertz CT molecular complexity index is 625. The highest BCUT2D eigenvalue weighted by molar-refractivity contribution is 5.82. The smallest absolute Gasteiger partial charge is 0.256 e. The molecule has 1 aliphatic heterocycles. The van der Waals surface area contributed by atoms with Gasteiger partial charge >= 0.3 is 0 Å². The van der Waals surface area contributed by atoms with Crippen molar-refractivity contribution in [3.8, 4) is 0 Å². The molecule has 0 radical (unpaired) electrons. The average Bonchev–Trinajstić information content (AvgIpc) is 2.64. The predicted octanol–water partition coefficient (Wildman–Crippen LogP) is 2.57. The maximum atomic E-state index is 12.7. The van der Waals surface area contributed by atoms with Crippen LogP contribution in [0.2, 0.25) is 0 Å². The topological polar surface area (TPSA) is 55.3 Å². The van der Waals surface area contributed by atoms with Gasteiger partial charge in [-0.25, -0.2) is 9.97 Å². The monoisotopic (exact) mass is 311 g/mol. The number of aromatic nitrogens is 2. The lowest BCUT2D eigenvalue weighted by Crippen LogP contribution is -2.41. The summed E-state index contributed by atoms with van der Waals surface area (Å²) < 4.78 is 5.45. The summed E-state index contributed by atoms with van der Waals surface area (Å²) in [6.07, 6.45) is 4.69. The third kappa shape index (κ3) is 3.56. The molecule has 1 aliphatic rings. The number of methoxy groups -OCH3 is 1. The number of benzene rings is 1. The van der Waals surface area contributed by atoms with Crippen LogP contribution in [0.5, 0.6) is 0 Å². The summed E-state index contributed by atoms with van der Waals surface area (Å²) in [5.41, 5.74) is 1.97. The second-order valence-electron chi connectivity index (χ2n) is 5.76. The second-order valence-corrected chi connectivity index (χ2v) is 5.76. The largest absolute Gasteiger partial charge is 0.367 e. The van der Waals surface area contributed by atoms with Crippen LogP contribution >= 0.6 is 0 Å². The zero-order valence-electron chi connectivity index (χ0n) is 13.3. The van der Waals surface area contributed by atoms with Gasteiger partial charge in [0.2, 0.25) is 0 Å². The molecule has 0 unspecified atom stereocenters. The molecule has 1 atom stereocenters. The Kier molecular flexibility index (Phi) is 4.98. The fourth-order valence-corrected chi connectivity index (χ4v) is 3.11. The first-order valence-electron chi connectivity index (χ1n) is 7.92. The lowest BCUT2D eigenvalue weighted by atomic mass is 9.93. The first-order valence-corrected chi connectivity index (χ1v) is 7.92. The van der Waals surface area contributed by atoms with Crippen LogP contribution in [0, 0.1) is 0 Å². The number of ether oxygens (including phenoxy) is 1. The summed E-state index contributed by atoms with van der Waals surface area (Å²) >= 11 is 0. The number of rotatable bonds is 4. The molecule has 1 aromatic heterocycles. The van der Waals surface area contributed by atoms with E-state index in [0.717, 1.165) is 37.2 Å². The molecule has 0 saturated carbocycles. The van der Waals surface area contributed by atoms with Crippen LogP contribution in [0.4, 0.5) is 0 Å². The first-order chi connectivity index (χ1) is 11.3. The van der Waals surface area contributed by atoms with Gasteiger partial charge in [-0.3, -0.25) is 4.79 Å². The van der Waals surface area contributed by atoms with Crippen LogP contribution in [-0.4, -0.2) is 41.0 Å². The normalized spacial score (nSPS) is 17.0. The Balaban J connectivity index is 1.64. The van der Waals surface area contributed by atoms with Gasteiger partial charge in [-0.2, -0.15) is 0 Å². The van der Waals surface area contributed by atoms with E-state index in [2.05, 4.69) is 9.97 Å². The van der Waals surface area contributed by atoms with Crippen LogP contribution in [0.25, 0.3) is 0 Å². The van der Waals surface area contributed by atoms with Crippen molar-refractivity contribution in [2.45, 2.75) is 24.9 Å². The molecule has 5 nitrogen and oxygen atoms in total. The molecule has 2 heterocycles. The Labute approximate surface area is 136 Å². The Morgan fingerprint density at radius 1 is 1.22 bits per heavy atom. The zero-order chi connectivity index (χ0) is 16.1. The standard InChI is InChI=1S/C18H21N3O2/c1-23-17(15-5-3-2-4-6-15)18(22)21-11-8-14(9-12-21)16-7-10-19-13-20-16/h2-7,10,13-14,17H,8-9,11-12H2,1H3/t17-/m0/s1. The van der Waals surface area contributed by atoms with Gasteiger partial charge < -0.3 is 9.64 Å². The van der Waals surface area contributed by atoms with E-state index in [4.69, 9.17) is 4.74 Å². The second kappa shape index (κ2) is 7.33. The fraction of sp³-hybridized carbons (Fsp3) is 0.389. The van der Waals surface area contributed by atoms with Gasteiger partial charge in [0.05, 0.1) is 0 Å². The minimum Gasteiger partial charge on any atom is -0.367 e. The molecular formula is C18H21N3O2. The third-order valence-corrected chi connectivity index (χ3v) is 4.39. The van der Waals surface area contributed by atoms with Gasteiger partial charge in [0.15, 0.2) is 6.10 Å². The van der Waals surface area contributed by atoms with Crippen LogP contribution in [-0.2, 0) is 9.53 Å². The van der Waals surface area contributed by atoms with Crippen LogP contribution in [0.3, 0.4) is 0 Å². The van der Waals surface area contributed by atoms with Crippen LogP contribution in [0.1, 0.15) is 36.1 Å². The molecule has 1 saturated heterocycles. The van der Waals surface area contributed by atoms with Gasteiger partial charge in [0, 0.05) is 38.0 Å². The maximum Gasteiger partial charge on any atom is 0.256 e. The quantitative estimate of drug-likeness (QED) is 0.871. The van der Waals surface area contributed by atoms with E-state index in [1.165, 1.54) is 0 Å². The number of likely N-dealkylation sites (tertiary alicyclic amines) is 1. The molecular weight excluding hydrogens is 290 g/mol. The molecule has 120 valence electrons. The lowest BCUT2D eigenvalue weighted by molar-refractivity contribution is -0.143. The van der Waals surface area contributed by atoms with E-state index in [0.29, 0.717) is 5.92 Å². The fourth-order valence-electron chi connectivity index (χ4n) is 3.11. The molecule has 0 N–H and O–H groups in total. The Morgan fingerprint density at radius 3 is 2.57 bits per heavy atom. The van der Waals surface area contributed by atoms with E-state index < -0.39 is 6.10 Å². The minimum absolute atomic E-state index is 0.0415. The summed E-state index contributed by atoms with van der Waals surface area (Å²) in [4.78, 5) is 22.9. The van der Waals surface area contributed by atoms with Crippen LogP contribution in [0.15, 0.2) is 48.9 Å². The molecule has 1 amide bonds. The van der Waals surface area contributed by atoms with Crippen molar-refractivity contribution in [2.24, 2.45) is 0 Å². The molecule has 0 aliphatic carbocycles. The van der Waals surface area contributed by atoms with E-state index >= 15 is 0 Å². The highest BCUT2D eigenvalue weighted by atomic mass is 16.5.